The van der Waals surface area contributed by atoms with Gasteiger partial charge >= 0.3 is 5.97 Å². The van der Waals surface area contributed by atoms with Gasteiger partial charge in [0.1, 0.15) is 0 Å². The van der Waals surface area contributed by atoms with Crippen molar-refractivity contribution in [2.75, 3.05) is 5.32 Å². The third-order valence-corrected chi connectivity index (χ3v) is 2.89. The lowest BCUT2D eigenvalue weighted by Gasteiger charge is -2.08. The summed E-state index contributed by atoms with van der Waals surface area (Å²) in [6.07, 6.45) is 0.391. The number of hydrogen-bond acceptors (Lipinski definition) is 3. The third-order valence-electron chi connectivity index (χ3n) is 2.89. The van der Waals surface area contributed by atoms with Gasteiger partial charge in [-0.2, -0.15) is 0 Å². The van der Waals surface area contributed by atoms with Gasteiger partial charge in [0, 0.05) is 11.3 Å². The van der Waals surface area contributed by atoms with Crippen molar-refractivity contribution in [2.24, 2.45) is 11.8 Å². The molecule has 0 aromatic heterocycles. The highest BCUT2D eigenvalue weighted by Crippen LogP contribution is 2.39. The number of aliphatic carboxylic acids is 1. The molecule has 17 heavy (non-hydrogen) atoms. The summed E-state index contributed by atoms with van der Waals surface area (Å²) in [4.78, 5) is 22.3. The van der Waals surface area contributed by atoms with E-state index < -0.39 is 17.8 Å². The van der Waals surface area contributed by atoms with Crippen LogP contribution in [0.3, 0.4) is 0 Å². The normalized spacial score (nSPS) is 21.9. The molecular formula is C12H13NO4. The number of aliphatic hydroxyl groups excluding tert-OH is 1. The van der Waals surface area contributed by atoms with Crippen LogP contribution < -0.4 is 5.32 Å². The van der Waals surface area contributed by atoms with Crippen molar-refractivity contribution in [3.8, 4) is 0 Å². The van der Waals surface area contributed by atoms with Crippen molar-refractivity contribution in [1.29, 1.82) is 0 Å². The Morgan fingerprint density at radius 3 is 2.59 bits per heavy atom. The molecule has 1 fully saturated rings. The van der Waals surface area contributed by atoms with Crippen LogP contribution in [-0.4, -0.2) is 22.1 Å². The van der Waals surface area contributed by atoms with Crippen LogP contribution in [0.2, 0.25) is 0 Å². The van der Waals surface area contributed by atoms with Crippen molar-refractivity contribution in [3.63, 3.8) is 0 Å². The van der Waals surface area contributed by atoms with Gasteiger partial charge in [-0.15, -0.1) is 0 Å². The first-order valence-corrected chi connectivity index (χ1v) is 5.36. The minimum Gasteiger partial charge on any atom is -0.481 e. The molecule has 2 rings (SSSR count). The summed E-state index contributed by atoms with van der Waals surface area (Å²) in [7, 11) is 0. The van der Waals surface area contributed by atoms with Gasteiger partial charge in [0.05, 0.1) is 18.4 Å². The number of carbonyl (C=O) groups excluding carboxylic acids is 1. The van der Waals surface area contributed by atoms with E-state index in [0.717, 1.165) is 0 Å². The van der Waals surface area contributed by atoms with Gasteiger partial charge in [0.2, 0.25) is 5.91 Å². The molecule has 0 radical (unpaired) electrons. The Morgan fingerprint density at radius 1 is 1.29 bits per heavy atom. The number of rotatable bonds is 4. The van der Waals surface area contributed by atoms with E-state index in [-0.39, 0.29) is 12.5 Å². The van der Waals surface area contributed by atoms with Gasteiger partial charge in [0.25, 0.3) is 0 Å². The van der Waals surface area contributed by atoms with Gasteiger partial charge < -0.3 is 15.5 Å². The minimum absolute atomic E-state index is 0.163. The molecule has 1 aromatic carbocycles. The molecule has 5 heteroatoms. The van der Waals surface area contributed by atoms with Crippen LogP contribution in [-0.2, 0) is 16.2 Å². The van der Waals surface area contributed by atoms with Gasteiger partial charge in [-0.25, -0.2) is 0 Å². The van der Waals surface area contributed by atoms with Crippen LogP contribution in [0.5, 0.6) is 0 Å². The summed E-state index contributed by atoms with van der Waals surface area (Å²) in [5, 5.41) is 20.4. The summed E-state index contributed by atoms with van der Waals surface area (Å²) >= 11 is 0. The Balaban J connectivity index is 2.02. The van der Waals surface area contributed by atoms with Crippen molar-refractivity contribution >= 4 is 17.6 Å². The van der Waals surface area contributed by atoms with Crippen LogP contribution in [0.4, 0.5) is 5.69 Å². The van der Waals surface area contributed by atoms with Gasteiger partial charge in [0.15, 0.2) is 0 Å². The van der Waals surface area contributed by atoms with E-state index in [9.17, 15) is 9.59 Å². The monoisotopic (exact) mass is 235 g/mol. The fourth-order valence-corrected chi connectivity index (χ4v) is 1.76. The highest BCUT2D eigenvalue weighted by molar-refractivity contribution is 5.98. The van der Waals surface area contributed by atoms with E-state index in [0.29, 0.717) is 17.7 Å². The smallest absolute Gasteiger partial charge is 0.307 e. The molecule has 1 aliphatic rings. The molecule has 0 heterocycles. The summed E-state index contributed by atoms with van der Waals surface area (Å²) < 4.78 is 0. The first-order chi connectivity index (χ1) is 8.13. The number of carboxylic acids is 1. The number of aliphatic hydroxyl groups is 1. The molecule has 2 atom stereocenters. The van der Waals surface area contributed by atoms with Crippen LogP contribution in [0.25, 0.3) is 0 Å². The topological polar surface area (TPSA) is 86.6 Å². The predicted molar refractivity (Wildman–Crippen MR) is 60.2 cm³/mol. The number of nitrogens with one attached hydrogen (secondary N) is 1. The number of hydrogen-bond donors (Lipinski definition) is 3. The quantitative estimate of drug-likeness (QED) is 0.721. The maximum absolute atomic E-state index is 11.7. The number of benzene rings is 1. The maximum Gasteiger partial charge on any atom is 0.307 e. The molecule has 0 bridgehead atoms. The standard InChI is InChI=1S/C12H13NO4/c14-6-7-3-1-2-4-10(7)13-11(15)8-5-9(8)12(16)17/h1-4,8-9,14H,5-6H2,(H,13,15)(H,16,17). The van der Waals surface area contributed by atoms with E-state index in [2.05, 4.69) is 5.32 Å². The molecule has 1 aromatic rings. The number of carboxylic acid groups (broad SMARTS) is 1. The van der Waals surface area contributed by atoms with Crippen LogP contribution in [0.15, 0.2) is 24.3 Å². The first kappa shape index (κ1) is 11.6. The number of anilines is 1. The van der Waals surface area contributed by atoms with Gasteiger partial charge in [-0.3, -0.25) is 9.59 Å². The highest BCUT2D eigenvalue weighted by atomic mass is 16.4. The third kappa shape index (κ3) is 2.45. The zero-order valence-electron chi connectivity index (χ0n) is 9.09. The molecule has 5 nitrogen and oxygen atoms in total. The van der Waals surface area contributed by atoms with E-state index in [1.807, 2.05) is 0 Å². The molecule has 1 aliphatic carbocycles. The van der Waals surface area contributed by atoms with Crippen LogP contribution >= 0.6 is 0 Å². The fraction of sp³-hybridized carbons (Fsp3) is 0.333. The minimum atomic E-state index is -0.930. The second kappa shape index (κ2) is 4.55. The van der Waals surface area contributed by atoms with E-state index >= 15 is 0 Å². The van der Waals surface area contributed by atoms with Crippen molar-refractivity contribution in [3.05, 3.63) is 29.8 Å². The molecule has 90 valence electrons. The largest absolute Gasteiger partial charge is 0.481 e. The van der Waals surface area contributed by atoms with Crippen LogP contribution in [0.1, 0.15) is 12.0 Å². The van der Waals surface area contributed by atoms with Gasteiger partial charge in [-0.1, -0.05) is 18.2 Å². The number of amides is 1. The Labute approximate surface area is 98.1 Å². The summed E-state index contributed by atoms with van der Waals surface area (Å²) in [6.45, 7) is -0.163. The summed E-state index contributed by atoms with van der Waals surface area (Å²) in [5.41, 5.74) is 1.16. The SMILES string of the molecule is O=C(O)C1CC1C(=O)Nc1ccccc1CO. The van der Waals surface area contributed by atoms with E-state index in [4.69, 9.17) is 10.2 Å². The molecule has 0 spiro atoms. The average Bonchev–Trinajstić information content (AvgIpc) is 3.09. The lowest BCUT2D eigenvalue weighted by molar-refractivity contribution is -0.139. The zero-order chi connectivity index (χ0) is 12.4. The van der Waals surface area contributed by atoms with Crippen molar-refractivity contribution < 1.29 is 19.8 Å². The average molecular weight is 235 g/mol. The van der Waals surface area contributed by atoms with Crippen molar-refractivity contribution in [2.45, 2.75) is 13.0 Å². The van der Waals surface area contributed by atoms with E-state index in [1.165, 1.54) is 0 Å². The predicted octanol–water partition coefficient (Wildman–Crippen LogP) is 0.838. The second-order valence-corrected chi connectivity index (χ2v) is 4.09. The fourth-order valence-electron chi connectivity index (χ4n) is 1.76. The molecular weight excluding hydrogens is 222 g/mol. The Morgan fingerprint density at radius 2 is 2.00 bits per heavy atom. The van der Waals surface area contributed by atoms with Crippen molar-refractivity contribution in [1.82, 2.24) is 0 Å². The van der Waals surface area contributed by atoms with Gasteiger partial charge in [-0.05, 0) is 12.5 Å². The lowest BCUT2D eigenvalue weighted by Crippen LogP contribution is -2.17. The Bertz CT molecular complexity index is 458. The lowest BCUT2D eigenvalue weighted by atomic mass is 10.2. The molecule has 0 saturated heterocycles. The maximum atomic E-state index is 11.7. The molecule has 2 unspecified atom stereocenters. The number of carbonyl (C=O) groups is 2. The molecule has 1 saturated carbocycles. The Hall–Kier alpha value is -1.88. The van der Waals surface area contributed by atoms with Crippen LogP contribution in [0, 0.1) is 11.8 Å². The molecule has 1 amide bonds. The first-order valence-electron chi connectivity index (χ1n) is 5.36. The molecule has 3 N–H and O–H groups in total. The van der Waals surface area contributed by atoms with E-state index in [1.54, 1.807) is 24.3 Å². The molecule has 0 aliphatic heterocycles. The summed E-state index contributed by atoms with van der Waals surface area (Å²) in [6, 6.07) is 6.90. The highest BCUT2D eigenvalue weighted by Gasteiger charge is 2.48. The second-order valence-electron chi connectivity index (χ2n) is 4.09. The number of para-hydroxylation sites is 1. The summed E-state index contributed by atoms with van der Waals surface area (Å²) in [5.74, 6) is -2.23. The zero-order valence-corrected chi connectivity index (χ0v) is 9.09. The Kier molecular flexibility index (Phi) is 3.10.